The summed E-state index contributed by atoms with van der Waals surface area (Å²) in [6.07, 6.45) is 5.79. The minimum absolute atomic E-state index is 0.271. The molecule has 0 amide bonds. The van der Waals surface area contributed by atoms with Gasteiger partial charge in [0.05, 0.1) is 0 Å². The number of nitrogens with two attached hydrogens (primary N) is 1. The van der Waals surface area contributed by atoms with Crippen LogP contribution in [0.4, 0.5) is 5.95 Å². The van der Waals surface area contributed by atoms with Crippen LogP contribution in [-0.4, -0.2) is 21.6 Å². The molecule has 0 aliphatic heterocycles. The lowest BCUT2D eigenvalue weighted by atomic mass is 9.78. The Morgan fingerprint density at radius 1 is 1.53 bits per heavy atom. The van der Waals surface area contributed by atoms with Crippen LogP contribution in [0.2, 0.25) is 0 Å². The fourth-order valence-corrected chi connectivity index (χ4v) is 2.71. The van der Waals surface area contributed by atoms with Crippen LogP contribution >= 0.6 is 0 Å². The minimum Gasteiger partial charge on any atom is -0.368 e. The van der Waals surface area contributed by atoms with Crippen LogP contribution in [-0.2, 0) is 10.3 Å². The highest BCUT2D eigenvalue weighted by Crippen LogP contribution is 2.41. The van der Waals surface area contributed by atoms with Gasteiger partial charge in [0.2, 0.25) is 5.95 Å². The van der Waals surface area contributed by atoms with E-state index >= 15 is 0 Å². The summed E-state index contributed by atoms with van der Waals surface area (Å²) in [5, 5.41) is 0. The number of aromatic nitrogens is 3. The summed E-state index contributed by atoms with van der Waals surface area (Å²) >= 11 is 0. The molecule has 1 aromatic heterocycles. The number of hydrogen-bond donors (Lipinski definition) is 1. The Labute approximate surface area is 102 Å². The topological polar surface area (TPSA) is 73.9 Å². The number of anilines is 1. The Hall–Kier alpha value is -1.23. The van der Waals surface area contributed by atoms with E-state index < -0.39 is 0 Å². The van der Waals surface area contributed by atoms with Crippen molar-refractivity contribution in [2.24, 2.45) is 5.92 Å². The molecule has 0 radical (unpaired) electrons. The number of rotatable bonds is 3. The van der Waals surface area contributed by atoms with Gasteiger partial charge in [-0.2, -0.15) is 4.98 Å². The van der Waals surface area contributed by atoms with Crippen LogP contribution in [0.5, 0.6) is 0 Å². The largest absolute Gasteiger partial charge is 0.368 e. The van der Waals surface area contributed by atoms with Crippen molar-refractivity contribution in [3.05, 3.63) is 12.2 Å². The molecule has 1 heterocycles. The summed E-state index contributed by atoms with van der Waals surface area (Å²) in [6.45, 7) is 4.92. The Kier molecular flexibility index (Phi) is 3.57. The molecule has 1 aliphatic rings. The molecule has 1 aliphatic carbocycles. The van der Waals surface area contributed by atoms with Crippen molar-refractivity contribution in [1.82, 2.24) is 15.0 Å². The molecule has 0 aromatic carbocycles. The van der Waals surface area contributed by atoms with Crippen LogP contribution in [0.15, 0.2) is 6.33 Å². The zero-order valence-corrected chi connectivity index (χ0v) is 10.5. The summed E-state index contributed by atoms with van der Waals surface area (Å²) in [7, 11) is 0. The molecule has 94 valence electrons. The fourth-order valence-electron chi connectivity index (χ4n) is 2.71. The van der Waals surface area contributed by atoms with Crippen molar-refractivity contribution in [3.63, 3.8) is 0 Å². The van der Waals surface area contributed by atoms with E-state index in [-0.39, 0.29) is 11.5 Å². The van der Waals surface area contributed by atoms with E-state index in [1.54, 1.807) is 0 Å². The van der Waals surface area contributed by atoms with Crippen LogP contribution in [0.1, 0.15) is 45.4 Å². The maximum Gasteiger partial charge on any atom is 0.223 e. The first-order valence-electron chi connectivity index (χ1n) is 6.25. The van der Waals surface area contributed by atoms with Crippen molar-refractivity contribution >= 4 is 5.95 Å². The molecule has 0 bridgehead atoms. The third-order valence-electron chi connectivity index (χ3n) is 3.37. The minimum atomic E-state index is -0.358. The van der Waals surface area contributed by atoms with E-state index in [9.17, 15) is 0 Å². The van der Waals surface area contributed by atoms with Crippen LogP contribution in [0, 0.1) is 5.92 Å². The number of nitrogens with zero attached hydrogens (tertiary/aromatic N) is 3. The Morgan fingerprint density at radius 2 is 2.35 bits per heavy atom. The van der Waals surface area contributed by atoms with Gasteiger partial charge < -0.3 is 10.5 Å². The molecule has 17 heavy (non-hydrogen) atoms. The fraction of sp³-hybridized carbons (Fsp3) is 0.750. The first-order valence-corrected chi connectivity index (χ1v) is 6.25. The summed E-state index contributed by atoms with van der Waals surface area (Å²) in [5.41, 5.74) is 5.28. The quantitative estimate of drug-likeness (QED) is 0.867. The molecular formula is C12H20N4O. The van der Waals surface area contributed by atoms with Gasteiger partial charge in [-0.1, -0.05) is 13.3 Å². The molecular weight excluding hydrogens is 216 g/mol. The van der Waals surface area contributed by atoms with Crippen molar-refractivity contribution in [1.29, 1.82) is 0 Å². The molecule has 2 rings (SSSR count). The van der Waals surface area contributed by atoms with Crippen LogP contribution in [0.3, 0.4) is 0 Å². The Bertz CT molecular complexity index is 381. The maximum absolute atomic E-state index is 5.97. The SMILES string of the molecule is CCOC1(c2ncnc(N)n2)CCCC(C)C1. The molecule has 1 fully saturated rings. The van der Waals surface area contributed by atoms with E-state index in [0.29, 0.717) is 18.3 Å². The van der Waals surface area contributed by atoms with E-state index in [1.165, 1.54) is 12.7 Å². The smallest absolute Gasteiger partial charge is 0.223 e. The molecule has 0 saturated heterocycles. The lowest BCUT2D eigenvalue weighted by molar-refractivity contribution is -0.0881. The molecule has 1 saturated carbocycles. The highest BCUT2D eigenvalue weighted by atomic mass is 16.5. The van der Waals surface area contributed by atoms with Gasteiger partial charge in [0, 0.05) is 6.61 Å². The van der Waals surface area contributed by atoms with E-state index in [4.69, 9.17) is 10.5 Å². The predicted octanol–water partition coefficient (Wildman–Crippen LogP) is 1.90. The molecule has 2 N–H and O–H groups in total. The highest BCUT2D eigenvalue weighted by molar-refractivity contribution is 5.16. The summed E-state index contributed by atoms with van der Waals surface area (Å²) in [6, 6.07) is 0. The average molecular weight is 236 g/mol. The number of nitrogen functional groups attached to an aromatic ring is 1. The normalized spacial score (nSPS) is 29.2. The maximum atomic E-state index is 5.97. The molecule has 2 unspecified atom stereocenters. The Balaban J connectivity index is 2.32. The van der Waals surface area contributed by atoms with E-state index in [0.717, 1.165) is 19.3 Å². The molecule has 2 atom stereocenters. The van der Waals surface area contributed by atoms with Gasteiger partial charge in [-0.3, -0.25) is 0 Å². The average Bonchev–Trinajstić information content (AvgIpc) is 2.29. The molecule has 5 nitrogen and oxygen atoms in total. The second-order valence-corrected chi connectivity index (χ2v) is 4.80. The second-order valence-electron chi connectivity index (χ2n) is 4.80. The summed E-state index contributed by atoms with van der Waals surface area (Å²) in [5.74, 6) is 1.60. The lowest BCUT2D eigenvalue weighted by Gasteiger charge is -2.38. The number of ether oxygens (including phenoxy) is 1. The van der Waals surface area contributed by atoms with Gasteiger partial charge in [0.25, 0.3) is 0 Å². The zero-order chi connectivity index (χ0) is 12.3. The zero-order valence-electron chi connectivity index (χ0n) is 10.5. The Morgan fingerprint density at radius 3 is 3.00 bits per heavy atom. The van der Waals surface area contributed by atoms with Crippen LogP contribution < -0.4 is 5.73 Å². The summed E-state index contributed by atoms with van der Waals surface area (Å²) in [4.78, 5) is 12.4. The first kappa shape index (κ1) is 12.2. The summed E-state index contributed by atoms with van der Waals surface area (Å²) < 4.78 is 5.97. The monoisotopic (exact) mass is 236 g/mol. The lowest BCUT2D eigenvalue weighted by Crippen LogP contribution is -2.37. The second kappa shape index (κ2) is 4.96. The van der Waals surface area contributed by atoms with Gasteiger partial charge in [0.15, 0.2) is 5.82 Å². The highest BCUT2D eigenvalue weighted by Gasteiger charge is 2.40. The van der Waals surface area contributed by atoms with E-state index in [1.807, 2.05) is 6.92 Å². The van der Waals surface area contributed by atoms with E-state index in [2.05, 4.69) is 21.9 Å². The van der Waals surface area contributed by atoms with Gasteiger partial charge in [-0.15, -0.1) is 0 Å². The number of hydrogen-bond acceptors (Lipinski definition) is 5. The first-order chi connectivity index (χ1) is 8.16. The molecule has 5 heteroatoms. The van der Waals surface area contributed by atoms with Gasteiger partial charge >= 0.3 is 0 Å². The van der Waals surface area contributed by atoms with Crippen molar-refractivity contribution < 1.29 is 4.74 Å². The van der Waals surface area contributed by atoms with Crippen molar-refractivity contribution in [2.75, 3.05) is 12.3 Å². The van der Waals surface area contributed by atoms with Crippen molar-refractivity contribution in [2.45, 2.75) is 45.1 Å². The predicted molar refractivity (Wildman–Crippen MR) is 65.2 cm³/mol. The molecule has 0 spiro atoms. The van der Waals surface area contributed by atoms with Gasteiger partial charge in [0.1, 0.15) is 11.9 Å². The van der Waals surface area contributed by atoms with Crippen molar-refractivity contribution in [3.8, 4) is 0 Å². The third kappa shape index (κ3) is 2.54. The van der Waals surface area contributed by atoms with Crippen LogP contribution in [0.25, 0.3) is 0 Å². The van der Waals surface area contributed by atoms with Gasteiger partial charge in [-0.05, 0) is 32.1 Å². The third-order valence-corrected chi connectivity index (χ3v) is 3.37. The van der Waals surface area contributed by atoms with Gasteiger partial charge in [-0.25, -0.2) is 9.97 Å². The standard InChI is InChI=1S/C12H20N4O/c1-3-17-12(6-4-5-9(2)7-12)10-14-8-15-11(13)16-10/h8-9H,3-7H2,1-2H3,(H2,13,14,15,16). The molecule has 1 aromatic rings.